The summed E-state index contributed by atoms with van der Waals surface area (Å²) >= 11 is 0. The maximum atomic E-state index is 4.45. The summed E-state index contributed by atoms with van der Waals surface area (Å²) in [7, 11) is 0. The van der Waals surface area contributed by atoms with Crippen LogP contribution in [-0.2, 0) is 6.54 Å². The van der Waals surface area contributed by atoms with Crippen LogP contribution in [0.15, 0.2) is 24.3 Å². The molecule has 0 bridgehead atoms. The Morgan fingerprint density at radius 3 is 2.67 bits per heavy atom. The highest BCUT2D eigenvalue weighted by atomic mass is 15.3. The first-order valence-electron chi connectivity index (χ1n) is 6.41. The average Bonchev–Trinajstić information content (AvgIpc) is 2.69. The summed E-state index contributed by atoms with van der Waals surface area (Å²) in [6, 6.07) is 8.32. The Hall–Kier alpha value is -1.68. The summed E-state index contributed by atoms with van der Waals surface area (Å²) in [5.41, 5.74) is 2.36. The highest BCUT2D eigenvalue weighted by Crippen LogP contribution is 2.15. The number of benzene rings is 1. The van der Waals surface area contributed by atoms with Gasteiger partial charge in [0.25, 0.3) is 0 Å². The van der Waals surface area contributed by atoms with Crippen LogP contribution < -0.4 is 5.32 Å². The minimum Gasteiger partial charge on any atom is -0.313 e. The van der Waals surface area contributed by atoms with Crippen LogP contribution >= 0.6 is 0 Å². The summed E-state index contributed by atoms with van der Waals surface area (Å²) in [6.07, 6.45) is 1.14. The molecule has 1 N–H and O–H groups in total. The second-order valence-electron chi connectivity index (χ2n) is 4.42. The highest BCUT2D eigenvalue weighted by molar-refractivity contribution is 5.40. The van der Waals surface area contributed by atoms with Crippen LogP contribution in [0.1, 0.15) is 30.6 Å². The Labute approximate surface area is 108 Å². The Kier molecular flexibility index (Phi) is 4.10. The molecule has 0 unspecified atom stereocenters. The van der Waals surface area contributed by atoms with Gasteiger partial charge in [-0.15, -0.1) is 0 Å². The van der Waals surface area contributed by atoms with Crippen molar-refractivity contribution in [2.45, 2.75) is 33.7 Å². The molecule has 2 rings (SSSR count). The van der Waals surface area contributed by atoms with E-state index in [0.717, 1.165) is 36.8 Å². The predicted molar refractivity (Wildman–Crippen MR) is 72.8 cm³/mol. The molecule has 1 heterocycles. The number of aromatic nitrogens is 3. The van der Waals surface area contributed by atoms with E-state index in [4.69, 9.17) is 0 Å². The largest absolute Gasteiger partial charge is 0.313 e. The van der Waals surface area contributed by atoms with Gasteiger partial charge >= 0.3 is 0 Å². The van der Waals surface area contributed by atoms with Gasteiger partial charge in [-0.3, -0.25) is 0 Å². The maximum absolute atomic E-state index is 4.45. The number of nitrogens with zero attached hydrogens (tertiary/aromatic N) is 3. The molecular weight excluding hydrogens is 224 g/mol. The van der Waals surface area contributed by atoms with E-state index in [1.54, 1.807) is 0 Å². The third-order valence-corrected chi connectivity index (χ3v) is 2.84. The standard InChI is InChI=1S/C14H20N4/c1-4-9-15-10-13-7-5-6-8-14(13)18-12(3)16-11(2)17-18/h5-8,15H,4,9-10H2,1-3H3. The molecule has 0 radical (unpaired) electrons. The van der Waals surface area contributed by atoms with E-state index in [-0.39, 0.29) is 0 Å². The fraction of sp³-hybridized carbons (Fsp3) is 0.429. The van der Waals surface area contributed by atoms with Gasteiger partial charge in [-0.25, -0.2) is 9.67 Å². The molecule has 0 atom stereocenters. The van der Waals surface area contributed by atoms with Crippen LogP contribution in [0.4, 0.5) is 0 Å². The normalized spacial score (nSPS) is 10.8. The lowest BCUT2D eigenvalue weighted by Gasteiger charge is -2.10. The third-order valence-electron chi connectivity index (χ3n) is 2.84. The first-order valence-corrected chi connectivity index (χ1v) is 6.41. The molecule has 4 nitrogen and oxygen atoms in total. The van der Waals surface area contributed by atoms with Crippen LogP contribution in [0.3, 0.4) is 0 Å². The van der Waals surface area contributed by atoms with Crippen molar-refractivity contribution in [1.29, 1.82) is 0 Å². The van der Waals surface area contributed by atoms with E-state index in [1.165, 1.54) is 5.56 Å². The van der Waals surface area contributed by atoms with Gasteiger partial charge in [0.2, 0.25) is 0 Å². The summed E-state index contributed by atoms with van der Waals surface area (Å²) in [5.74, 6) is 1.74. The summed E-state index contributed by atoms with van der Waals surface area (Å²) in [6.45, 7) is 7.97. The minimum absolute atomic E-state index is 0.809. The number of aryl methyl sites for hydroxylation is 2. The van der Waals surface area contributed by atoms with Gasteiger partial charge in [0, 0.05) is 6.54 Å². The first-order chi connectivity index (χ1) is 8.72. The average molecular weight is 244 g/mol. The van der Waals surface area contributed by atoms with Crippen LogP contribution in [0.5, 0.6) is 0 Å². The molecule has 0 fully saturated rings. The van der Waals surface area contributed by atoms with Crippen LogP contribution in [0.2, 0.25) is 0 Å². The fourth-order valence-corrected chi connectivity index (χ4v) is 2.02. The van der Waals surface area contributed by atoms with E-state index >= 15 is 0 Å². The second kappa shape index (κ2) is 5.78. The van der Waals surface area contributed by atoms with Crippen molar-refractivity contribution >= 4 is 0 Å². The predicted octanol–water partition coefficient (Wildman–Crippen LogP) is 2.38. The quantitative estimate of drug-likeness (QED) is 0.821. The van der Waals surface area contributed by atoms with E-state index in [2.05, 4.69) is 40.5 Å². The van der Waals surface area contributed by atoms with E-state index in [0.29, 0.717) is 0 Å². The van der Waals surface area contributed by atoms with Crippen LogP contribution in [0.25, 0.3) is 5.69 Å². The molecule has 0 aliphatic heterocycles. The number of nitrogens with one attached hydrogen (secondary N) is 1. The lowest BCUT2D eigenvalue weighted by Crippen LogP contribution is -2.16. The van der Waals surface area contributed by atoms with Crippen LogP contribution in [0, 0.1) is 13.8 Å². The zero-order chi connectivity index (χ0) is 13.0. The number of rotatable bonds is 5. The summed E-state index contributed by atoms with van der Waals surface area (Å²) in [5, 5.41) is 7.87. The third kappa shape index (κ3) is 2.76. The highest BCUT2D eigenvalue weighted by Gasteiger charge is 2.08. The molecular formula is C14H20N4. The smallest absolute Gasteiger partial charge is 0.148 e. The van der Waals surface area contributed by atoms with Crippen molar-refractivity contribution in [3.63, 3.8) is 0 Å². The van der Waals surface area contributed by atoms with E-state index in [1.807, 2.05) is 24.6 Å². The van der Waals surface area contributed by atoms with Gasteiger partial charge in [0.15, 0.2) is 0 Å². The Morgan fingerprint density at radius 1 is 1.22 bits per heavy atom. The monoisotopic (exact) mass is 244 g/mol. The fourth-order valence-electron chi connectivity index (χ4n) is 2.02. The van der Waals surface area contributed by atoms with Gasteiger partial charge in [0.05, 0.1) is 5.69 Å². The van der Waals surface area contributed by atoms with E-state index < -0.39 is 0 Å². The van der Waals surface area contributed by atoms with Crippen molar-refractivity contribution < 1.29 is 0 Å². The molecule has 0 aliphatic rings. The summed E-state index contributed by atoms with van der Waals surface area (Å²) < 4.78 is 1.91. The Morgan fingerprint density at radius 2 is 2.00 bits per heavy atom. The van der Waals surface area contributed by atoms with Gasteiger partial charge in [0.1, 0.15) is 11.6 Å². The molecule has 1 aromatic heterocycles. The molecule has 96 valence electrons. The van der Waals surface area contributed by atoms with Gasteiger partial charge in [-0.2, -0.15) is 5.10 Å². The number of hydrogen-bond acceptors (Lipinski definition) is 3. The van der Waals surface area contributed by atoms with Crippen molar-refractivity contribution in [2.75, 3.05) is 6.54 Å². The molecule has 0 spiro atoms. The Bertz CT molecular complexity index is 516. The zero-order valence-corrected chi connectivity index (χ0v) is 11.3. The van der Waals surface area contributed by atoms with Crippen molar-refractivity contribution in [3.8, 4) is 5.69 Å². The second-order valence-corrected chi connectivity index (χ2v) is 4.42. The molecule has 0 aliphatic carbocycles. The van der Waals surface area contributed by atoms with Crippen molar-refractivity contribution in [3.05, 3.63) is 41.5 Å². The zero-order valence-electron chi connectivity index (χ0n) is 11.3. The molecule has 0 saturated heterocycles. The van der Waals surface area contributed by atoms with Crippen molar-refractivity contribution in [2.24, 2.45) is 0 Å². The van der Waals surface area contributed by atoms with E-state index in [9.17, 15) is 0 Å². The van der Waals surface area contributed by atoms with Crippen molar-refractivity contribution in [1.82, 2.24) is 20.1 Å². The maximum Gasteiger partial charge on any atom is 0.148 e. The molecule has 2 aromatic rings. The molecule has 1 aromatic carbocycles. The molecule has 0 amide bonds. The number of para-hydroxylation sites is 1. The van der Waals surface area contributed by atoms with Gasteiger partial charge in [-0.05, 0) is 38.4 Å². The molecule has 0 saturated carbocycles. The SMILES string of the molecule is CCCNCc1ccccc1-n1nc(C)nc1C. The topological polar surface area (TPSA) is 42.7 Å². The molecule has 18 heavy (non-hydrogen) atoms. The van der Waals surface area contributed by atoms with Gasteiger partial charge < -0.3 is 5.32 Å². The molecule has 4 heteroatoms. The Balaban J connectivity index is 2.29. The van der Waals surface area contributed by atoms with Crippen LogP contribution in [-0.4, -0.2) is 21.3 Å². The minimum atomic E-state index is 0.809. The lowest BCUT2D eigenvalue weighted by atomic mass is 10.1. The number of hydrogen-bond donors (Lipinski definition) is 1. The first kappa shape index (κ1) is 12.8. The lowest BCUT2D eigenvalue weighted by molar-refractivity contribution is 0.669. The summed E-state index contributed by atoms with van der Waals surface area (Å²) in [4.78, 5) is 4.36. The van der Waals surface area contributed by atoms with Gasteiger partial charge in [-0.1, -0.05) is 25.1 Å².